The topological polar surface area (TPSA) is 26.3 Å². The summed E-state index contributed by atoms with van der Waals surface area (Å²) in [6.07, 6.45) is 4.54. The van der Waals surface area contributed by atoms with Gasteiger partial charge in [0.05, 0.1) is 0 Å². The molecule has 2 heteroatoms. The summed E-state index contributed by atoms with van der Waals surface area (Å²) in [5, 5.41) is 0. The first-order valence-electron chi connectivity index (χ1n) is 4.79. The summed E-state index contributed by atoms with van der Waals surface area (Å²) in [6, 6.07) is 0. The Balaban J connectivity index is 1.96. The quantitative estimate of drug-likeness (QED) is 0.586. The Bertz CT molecular complexity index is 182. The van der Waals surface area contributed by atoms with E-state index in [-0.39, 0.29) is 0 Å². The Morgan fingerprint density at radius 1 is 1.42 bits per heavy atom. The number of carbonyl (C=O) groups excluding carboxylic acids is 1. The Morgan fingerprint density at radius 2 is 2.08 bits per heavy atom. The van der Waals surface area contributed by atoms with Gasteiger partial charge in [-0.05, 0) is 30.6 Å². The lowest BCUT2D eigenvalue weighted by Crippen LogP contribution is -2.29. The summed E-state index contributed by atoms with van der Waals surface area (Å²) in [6.45, 7) is 4.08. The number of rotatable bonds is 2. The van der Waals surface area contributed by atoms with Crippen LogP contribution in [-0.2, 0) is 9.53 Å². The first-order chi connectivity index (χ1) is 5.76. The largest absolute Gasteiger partial charge is 0.381 e. The van der Waals surface area contributed by atoms with E-state index in [1.54, 1.807) is 0 Å². The van der Waals surface area contributed by atoms with E-state index in [0.717, 1.165) is 38.8 Å². The van der Waals surface area contributed by atoms with Crippen molar-refractivity contribution in [2.75, 3.05) is 13.2 Å². The van der Waals surface area contributed by atoms with E-state index >= 15 is 0 Å². The van der Waals surface area contributed by atoms with Crippen molar-refractivity contribution in [2.24, 2.45) is 17.3 Å². The van der Waals surface area contributed by atoms with Crippen molar-refractivity contribution in [1.29, 1.82) is 0 Å². The van der Waals surface area contributed by atoms with Crippen LogP contribution >= 0.6 is 0 Å². The van der Waals surface area contributed by atoms with Crippen molar-refractivity contribution in [2.45, 2.75) is 26.2 Å². The summed E-state index contributed by atoms with van der Waals surface area (Å²) in [4.78, 5) is 10.5. The highest BCUT2D eigenvalue weighted by molar-refractivity contribution is 5.58. The fourth-order valence-electron chi connectivity index (χ4n) is 2.37. The van der Waals surface area contributed by atoms with Crippen molar-refractivity contribution >= 4 is 6.29 Å². The maximum absolute atomic E-state index is 10.5. The predicted octanol–water partition coefficient (Wildman–Crippen LogP) is 1.64. The zero-order valence-electron chi connectivity index (χ0n) is 7.58. The standard InChI is InChI=1S/C10H16O2/c1-10(2-4-12-5-3-10)9-6-8(9)7-11/h7-9H,2-6H2,1H3/t8-,9+/m1/s1. The van der Waals surface area contributed by atoms with Gasteiger partial charge in [-0.15, -0.1) is 0 Å². The van der Waals surface area contributed by atoms with Gasteiger partial charge in [0.25, 0.3) is 0 Å². The summed E-state index contributed by atoms with van der Waals surface area (Å²) in [5.74, 6) is 1.03. The summed E-state index contributed by atoms with van der Waals surface area (Å²) < 4.78 is 5.32. The summed E-state index contributed by atoms with van der Waals surface area (Å²) in [5.41, 5.74) is 0.407. The molecule has 0 unspecified atom stereocenters. The van der Waals surface area contributed by atoms with Gasteiger partial charge in [0.2, 0.25) is 0 Å². The van der Waals surface area contributed by atoms with Gasteiger partial charge in [0, 0.05) is 19.1 Å². The van der Waals surface area contributed by atoms with Crippen LogP contribution in [0.4, 0.5) is 0 Å². The molecule has 68 valence electrons. The number of carbonyl (C=O) groups is 1. The molecule has 1 aliphatic carbocycles. The van der Waals surface area contributed by atoms with Gasteiger partial charge >= 0.3 is 0 Å². The van der Waals surface area contributed by atoms with E-state index in [1.165, 1.54) is 0 Å². The number of ether oxygens (including phenoxy) is 1. The minimum atomic E-state index is 0.369. The zero-order chi connectivity index (χ0) is 8.60. The highest BCUT2D eigenvalue weighted by atomic mass is 16.5. The average Bonchev–Trinajstić information content (AvgIpc) is 2.84. The van der Waals surface area contributed by atoms with Crippen LogP contribution < -0.4 is 0 Å². The van der Waals surface area contributed by atoms with E-state index in [2.05, 4.69) is 6.92 Å². The van der Waals surface area contributed by atoms with Gasteiger partial charge in [-0.1, -0.05) is 6.92 Å². The fourth-order valence-corrected chi connectivity index (χ4v) is 2.37. The third-order valence-electron chi connectivity index (χ3n) is 3.54. The summed E-state index contributed by atoms with van der Waals surface area (Å²) in [7, 11) is 0. The van der Waals surface area contributed by atoms with E-state index in [4.69, 9.17) is 4.74 Å². The second-order valence-corrected chi connectivity index (χ2v) is 4.41. The van der Waals surface area contributed by atoms with Gasteiger partial charge in [0.15, 0.2) is 0 Å². The second kappa shape index (κ2) is 2.84. The molecule has 0 aromatic heterocycles. The first kappa shape index (κ1) is 8.24. The molecule has 2 fully saturated rings. The smallest absolute Gasteiger partial charge is 0.123 e. The molecule has 2 atom stereocenters. The first-order valence-corrected chi connectivity index (χ1v) is 4.79. The molecule has 2 nitrogen and oxygen atoms in total. The van der Waals surface area contributed by atoms with Gasteiger partial charge in [-0.2, -0.15) is 0 Å². The molecule has 0 aromatic rings. The molecule has 0 bridgehead atoms. The van der Waals surface area contributed by atoms with E-state index in [1.807, 2.05) is 0 Å². The molecule has 0 aromatic carbocycles. The maximum Gasteiger partial charge on any atom is 0.123 e. The monoisotopic (exact) mass is 168 g/mol. The zero-order valence-corrected chi connectivity index (χ0v) is 7.58. The molecule has 0 radical (unpaired) electrons. The van der Waals surface area contributed by atoms with Gasteiger partial charge in [-0.3, -0.25) is 0 Å². The average molecular weight is 168 g/mol. The molecule has 1 heterocycles. The Hall–Kier alpha value is -0.370. The van der Waals surface area contributed by atoms with Gasteiger partial charge in [0.1, 0.15) is 6.29 Å². The summed E-state index contributed by atoms with van der Waals surface area (Å²) >= 11 is 0. The predicted molar refractivity (Wildman–Crippen MR) is 45.8 cm³/mol. The lowest BCUT2D eigenvalue weighted by atomic mass is 9.77. The van der Waals surface area contributed by atoms with Crippen LogP contribution in [-0.4, -0.2) is 19.5 Å². The van der Waals surface area contributed by atoms with E-state index in [0.29, 0.717) is 17.3 Å². The molecule has 12 heavy (non-hydrogen) atoms. The molecule has 1 aliphatic heterocycles. The van der Waals surface area contributed by atoms with E-state index in [9.17, 15) is 4.79 Å². The molecular formula is C10H16O2. The lowest BCUT2D eigenvalue weighted by Gasteiger charge is -2.33. The van der Waals surface area contributed by atoms with Crippen LogP contribution in [0.15, 0.2) is 0 Å². The highest BCUT2D eigenvalue weighted by Gasteiger charge is 2.49. The van der Waals surface area contributed by atoms with Crippen molar-refractivity contribution in [3.8, 4) is 0 Å². The molecule has 2 rings (SSSR count). The Kier molecular flexibility index (Phi) is 1.95. The third kappa shape index (κ3) is 1.28. The minimum Gasteiger partial charge on any atom is -0.381 e. The van der Waals surface area contributed by atoms with Crippen molar-refractivity contribution < 1.29 is 9.53 Å². The van der Waals surface area contributed by atoms with Gasteiger partial charge in [-0.25, -0.2) is 0 Å². The third-order valence-corrected chi connectivity index (χ3v) is 3.54. The molecule has 0 N–H and O–H groups in total. The molecule has 1 saturated heterocycles. The number of hydrogen-bond acceptors (Lipinski definition) is 2. The van der Waals surface area contributed by atoms with Crippen molar-refractivity contribution in [3.05, 3.63) is 0 Å². The van der Waals surface area contributed by atoms with Gasteiger partial charge < -0.3 is 9.53 Å². The molecule has 0 amide bonds. The second-order valence-electron chi connectivity index (χ2n) is 4.41. The van der Waals surface area contributed by atoms with E-state index < -0.39 is 0 Å². The lowest BCUT2D eigenvalue weighted by molar-refractivity contribution is -0.109. The number of aldehydes is 1. The molecule has 2 aliphatic rings. The Morgan fingerprint density at radius 3 is 2.58 bits per heavy atom. The SMILES string of the molecule is CC1([C@H]2C[C@@H]2C=O)CCOCC1. The van der Waals surface area contributed by atoms with Crippen LogP contribution in [0, 0.1) is 17.3 Å². The number of hydrogen-bond donors (Lipinski definition) is 0. The minimum absolute atomic E-state index is 0.369. The van der Waals surface area contributed by atoms with Crippen LogP contribution in [0.5, 0.6) is 0 Å². The molecule has 1 saturated carbocycles. The van der Waals surface area contributed by atoms with Crippen LogP contribution in [0.1, 0.15) is 26.2 Å². The normalized spacial score (nSPS) is 39.1. The van der Waals surface area contributed by atoms with Crippen LogP contribution in [0.3, 0.4) is 0 Å². The Labute approximate surface area is 73.3 Å². The molecule has 0 spiro atoms. The molecular weight excluding hydrogens is 152 g/mol. The van der Waals surface area contributed by atoms with Crippen molar-refractivity contribution in [3.63, 3.8) is 0 Å². The maximum atomic E-state index is 10.5. The highest BCUT2D eigenvalue weighted by Crippen LogP contribution is 2.54. The van der Waals surface area contributed by atoms with Crippen molar-refractivity contribution in [1.82, 2.24) is 0 Å². The van der Waals surface area contributed by atoms with Crippen LogP contribution in [0.25, 0.3) is 0 Å². The van der Waals surface area contributed by atoms with Crippen LogP contribution in [0.2, 0.25) is 0 Å². The fraction of sp³-hybridized carbons (Fsp3) is 0.900.